The largest absolute Gasteiger partial charge is 0.494 e. The smallest absolute Gasteiger partial charge is 0.164 e. The van der Waals surface area contributed by atoms with Crippen molar-refractivity contribution in [3.63, 3.8) is 0 Å². The third-order valence-corrected chi connectivity index (χ3v) is 2.23. The number of pyridine rings is 1. The maximum absolute atomic E-state index is 5.94. The quantitative estimate of drug-likeness (QED) is 0.743. The van der Waals surface area contributed by atoms with Crippen molar-refractivity contribution in [2.45, 2.75) is 13.8 Å². The number of imidazole rings is 1. The standard InChI is InChI=1S/C10H13N3O/c1-6-4-13-5-7(2)12-10(13)8(11)9(6)14-3/h4-5H,11H2,1-3H3. The third kappa shape index (κ3) is 1.11. The molecule has 0 aliphatic heterocycles. The van der Waals surface area contributed by atoms with Gasteiger partial charge in [-0.05, 0) is 13.8 Å². The van der Waals surface area contributed by atoms with Crippen molar-refractivity contribution in [2.24, 2.45) is 0 Å². The van der Waals surface area contributed by atoms with Gasteiger partial charge < -0.3 is 14.9 Å². The van der Waals surface area contributed by atoms with Crippen LogP contribution in [0.25, 0.3) is 5.65 Å². The molecular weight excluding hydrogens is 178 g/mol. The molecular formula is C10H13N3O. The minimum absolute atomic E-state index is 0.598. The first-order valence-electron chi connectivity index (χ1n) is 4.42. The number of nitrogen functional groups attached to an aromatic ring is 1. The molecule has 0 aliphatic rings. The highest BCUT2D eigenvalue weighted by molar-refractivity contribution is 5.74. The van der Waals surface area contributed by atoms with E-state index in [4.69, 9.17) is 10.5 Å². The van der Waals surface area contributed by atoms with Crippen LogP contribution in [-0.4, -0.2) is 16.5 Å². The zero-order chi connectivity index (χ0) is 10.3. The van der Waals surface area contributed by atoms with E-state index in [-0.39, 0.29) is 0 Å². The van der Waals surface area contributed by atoms with Crippen LogP contribution in [0, 0.1) is 13.8 Å². The summed E-state index contributed by atoms with van der Waals surface area (Å²) in [5.74, 6) is 0.711. The monoisotopic (exact) mass is 191 g/mol. The second-order valence-corrected chi connectivity index (χ2v) is 3.37. The summed E-state index contributed by atoms with van der Waals surface area (Å²) in [6.07, 6.45) is 3.91. The normalized spacial score (nSPS) is 10.8. The molecule has 0 aromatic carbocycles. The molecule has 4 nitrogen and oxygen atoms in total. The van der Waals surface area contributed by atoms with Crippen LogP contribution in [0.2, 0.25) is 0 Å². The molecule has 0 radical (unpaired) electrons. The van der Waals surface area contributed by atoms with Crippen molar-refractivity contribution < 1.29 is 4.74 Å². The molecule has 0 spiro atoms. The first kappa shape index (κ1) is 8.87. The number of methoxy groups -OCH3 is 1. The minimum Gasteiger partial charge on any atom is -0.494 e. The fraction of sp³-hybridized carbons (Fsp3) is 0.300. The van der Waals surface area contributed by atoms with Crippen molar-refractivity contribution >= 4 is 11.3 Å². The van der Waals surface area contributed by atoms with Crippen LogP contribution in [0.4, 0.5) is 5.69 Å². The first-order valence-corrected chi connectivity index (χ1v) is 4.42. The lowest BCUT2D eigenvalue weighted by molar-refractivity contribution is 0.413. The highest BCUT2D eigenvalue weighted by atomic mass is 16.5. The van der Waals surface area contributed by atoms with Gasteiger partial charge in [-0.3, -0.25) is 0 Å². The highest BCUT2D eigenvalue weighted by Gasteiger charge is 2.10. The molecule has 2 N–H and O–H groups in total. The van der Waals surface area contributed by atoms with Crippen LogP contribution in [0.3, 0.4) is 0 Å². The summed E-state index contributed by atoms with van der Waals surface area (Å²) in [4.78, 5) is 4.32. The predicted molar refractivity (Wildman–Crippen MR) is 55.6 cm³/mol. The lowest BCUT2D eigenvalue weighted by Crippen LogP contribution is -1.99. The van der Waals surface area contributed by atoms with Gasteiger partial charge in [0, 0.05) is 18.0 Å². The summed E-state index contributed by atoms with van der Waals surface area (Å²) in [5.41, 5.74) is 9.25. The maximum atomic E-state index is 5.94. The summed E-state index contributed by atoms with van der Waals surface area (Å²) in [6.45, 7) is 3.90. The molecule has 4 heteroatoms. The topological polar surface area (TPSA) is 52.5 Å². The van der Waals surface area contributed by atoms with Gasteiger partial charge in [-0.25, -0.2) is 4.98 Å². The van der Waals surface area contributed by atoms with Crippen LogP contribution in [0.5, 0.6) is 5.75 Å². The van der Waals surface area contributed by atoms with Gasteiger partial charge in [-0.15, -0.1) is 0 Å². The molecule has 2 aromatic rings. The van der Waals surface area contributed by atoms with Crippen molar-refractivity contribution in [3.8, 4) is 5.75 Å². The Bertz CT molecular complexity index is 488. The summed E-state index contributed by atoms with van der Waals surface area (Å²) >= 11 is 0. The number of anilines is 1. The Kier molecular flexibility index (Phi) is 1.84. The van der Waals surface area contributed by atoms with E-state index in [1.807, 2.05) is 30.6 Å². The van der Waals surface area contributed by atoms with Crippen molar-refractivity contribution in [1.29, 1.82) is 0 Å². The first-order chi connectivity index (χ1) is 6.63. The Morgan fingerprint density at radius 1 is 1.36 bits per heavy atom. The zero-order valence-electron chi connectivity index (χ0n) is 8.53. The number of hydrogen-bond acceptors (Lipinski definition) is 3. The van der Waals surface area contributed by atoms with Crippen molar-refractivity contribution in [2.75, 3.05) is 12.8 Å². The Balaban J connectivity index is 2.84. The van der Waals surface area contributed by atoms with Crippen molar-refractivity contribution in [3.05, 3.63) is 23.7 Å². The molecule has 14 heavy (non-hydrogen) atoms. The average molecular weight is 191 g/mol. The van der Waals surface area contributed by atoms with Gasteiger partial charge in [-0.1, -0.05) is 0 Å². The molecule has 0 unspecified atom stereocenters. The average Bonchev–Trinajstić information content (AvgIpc) is 2.47. The number of nitrogens with zero attached hydrogens (tertiary/aromatic N) is 2. The Hall–Kier alpha value is -1.71. The van der Waals surface area contributed by atoms with E-state index in [0.717, 1.165) is 16.9 Å². The molecule has 2 heterocycles. The number of nitrogens with two attached hydrogens (primary N) is 1. The summed E-state index contributed by atoms with van der Waals surface area (Å²) in [6, 6.07) is 0. The third-order valence-electron chi connectivity index (χ3n) is 2.23. The molecule has 0 saturated heterocycles. The van der Waals surface area contributed by atoms with E-state index in [1.54, 1.807) is 7.11 Å². The van der Waals surface area contributed by atoms with E-state index in [1.165, 1.54) is 0 Å². The van der Waals surface area contributed by atoms with Gasteiger partial charge in [0.1, 0.15) is 11.4 Å². The van der Waals surface area contributed by atoms with Gasteiger partial charge in [-0.2, -0.15) is 0 Å². The second kappa shape index (κ2) is 2.90. The van der Waals surface area contributed by atoms with Crippen LogP contribution in [0.1, 0.15) is 11.3 Å². The maximum Gasteiger partial charge on any atom is 0.164 e. The van der Waals surface area contributed by atoms with Crippen LogP contribution in [-0.2, 0) is 0 Å². The summed E-state index contributed by atoms with van der Waals surface area (Å²) in [5, 5.41) is 0. The number of hydrogen-bond donors (Lipinski definition) is 1. The Morgan fingerprint density at radius 2 is 2.07 bits per heavy atom. The van der Waals surface area contributed by atoms with E-state index < -0.39 is 0 Å². The molecule has 0 fully saturated rings. The number of aromatic nitrogens is 2. The number of aryl methyl sites for hydroxylation is 2. The van der Waals surface area contributed by atoms with Gasteiger partial charge >= 0.3 is 0 Å². The van der Waals surface area contributed by atoms with Crippen LogP contribution in [0.15, 0.2) is 12.4 Å². The molecule has 74 valence electrons. The lowest BCUT2D eigenvalue weighted by atomic mass is 10.2. The van der Waals surface area contributed by atoms with Gasteiger partial charge in [0.05, 0.1) is 12.8 Å². The lowest BCUT2D eigenvalue weighted by Gasteiger charge is -2.08. The molecule has 2 aromatic heterocycles. The fourth-order valence-corrected chi connectivity index (χ4v) is 1.67. The van der Waals surface area contributed by atoms with E-state index in [9.17, 15) is 0 Å². The molecule has 0 amide bonds. The minimum atomic E-state index is 0.598. The number of ether oxygens (including phenoxy) is 1. The number of rotatable bonds is 1. The molecule has 0 bridgehead atoms. The van der Waals surface area contributed by atoms with Crippen molar-refractivity contribution in [1.82, 2.24) is 9.38 Å². The highest BCUT2D eigenvalue weighted by Crippen LogP contribution is 2.29. The fourth-order valence-electron chi connectivity index (χ4n) is 1.67. The molecule has 0 aliphatic carbocycles. The second-order valence-electron chi connectivity index (χ2n) is 3.37. The summed E-state index contributed by atoms with van der Waals surface area (Å²) < 4.78 is 7.13. The predicted octanol–water partition coefficient (Wildman–Crippen LogP) is 1.54. The Labute approximate surface area is 82.3 Å². The SMILES string of the molecule is COc1c(C)cn2cc(C)nc2c1N. The summed E-state index contributed by atoms with van der Waals surface area (Å²) in [7, 11) is 1.62. The molecule has 0 saturated carbocycles. The molecule has 0 atom stereocenters. The van der Waals surface area contributed by atoms with E-state index in [0.29, 0.717) is 11.4 Å². The molecule has 2 rings (SSSR count). The van der Waals surface area contributed by atoms with Crippen LogP contribution < -0.4 is 10.5 Å². The van der Waals surface area contributed by atoms with Gasteiger partial charge in [0.15, 0.2) is 5.65 Å². The zero-order valence-corrected chi connectivity index (χ0v) is 8.53. The van der Waals surface area contributed by atoms with Gasteiger partial charge in [0.2, 0.25) is 0 Å². The van der Waals surface area contributed by atoms with Crippen LogP contribution >= 0.6 is 0 Å². The Morgan fingerprint density at radius 3 is 2.71 bits per heavy atom. The van der Waals surface area contributed by atoms with Gasteiger partial charge in [0.25, 0.3) is 0 Å². The number of fused-ring (bicyclic) bond motifs is 1. The van der Waals surface area contributed by atoms with E-state index >= 15 is 0 Å². The van der Waals surface area contributed by atoms with E-state index in [2.05, 4.69) is 4.98 Å².